The van der Waals surface area contributed by atoms with E-state index in [0.717, 1.165) is 17.5 Å². The predicted octanol–water partition coefficient (Wildman–Crippen LogP) is 4.42. The number of carbonyl (C=O) groups excluding carboxylic acids is 1. The van der Waals surface area contributed by atoms with Gasteiger partial charge in [0.15, 0.2) is 0 Å². The molecule has 2 heteroatoms. The van der Waals surface area contributed by atoms with E-state index in [2.05, 4.69) is 31.2 Å². The molecule has 0 spiro atoms. The van der Waals surface area contributed by atoms with Crippen molar-refractivity contribution in [2.24, 2.45) is 0 Å². The number of thioether (sulfide) groups is 1. The number of aryl methyl sites for hydroxylation is 1. The lowest BCUT2D eigenvalue weighted by atomic mass is 10.0. The summed E-state index contributed by atoms with van der Waals surface area (Å²) in [6.45, 7) is 2.15. The SMILES string of the molecule is CCc1ccc(-c2ccc(C(=O)SC)cc2)cc1. The Morgan fingerprint density at radius 2 is 1.44 bits per heavy atom. The molecule has 0 heterocycles. The van der Waals surface area contributed by atoms with Crippen molar-refractivity contribution >= 4 is 16.9 Å². The van der Waals surface area contributed by atoms with Crippen LogP contribution < -0.4 is 0 Å². The summed E-state index contributed by atoms with van der Waals surface area (Å²) < 4.78 is 0. The van der Waals surface area contributed by atoms with E-state index in [1.165, 1.54) is 22.9 Å². The molecule has 18 heavy (non-hydrogen) atoms. The van der Waals surface area contributed by atoms with E-state index in [1.807, 2.05) is 24.3 Å². The van der Waals surface area contributed by atoms with E-state index in [-0.39, 0.29) is 5.12 Å². The van der Waals surface area contributed by atoms with Crippen molar-refractivity contribution in [1.82, 2.24) is 0 Å². The Morgan fingerprint density at radius 3 is 1.89 bits per heavy atom. The van der Waals surface area contributed by atoms with Gasteiger partial charge in [-0.3, -0.25) is 4.79 Å². The molecule has 0 unspecified atom stereocenters. The first kappa shape index (κ1) is 12.9. The molecule has 0 aliphatic carbocycles. The quantitative estimate of drug-likeness (QED) is 0.808. The summed E-state index contributed by atoms with van der Waals surface area (Å²) in [7, 11) is 0. The van der Waals surface area contributed by atoms with Gasteiger partial charge in [-0.2, -0.15) is 0 Å². The third-order valence-electron chi connectivity index (χ3n) is 3.00. The van der Waals surface area contributed by atoms with Gasteiger partial charge in [-0.25, -0.2) is 0 Å². The molecule has 0 radical (unpaired) electrons. The van der Waals surface area contributed by atoms with Gasteiger partial charge < -0.3 is 0 Å². The zero-order valence-electron chi connectivity index (χ0n) is 10.6. The largest absolute Gasteiger partial charge is 0.282 e. The van der Waals surface area contributed by atoms with Crippen molar-refractivity contribution in [3.8, 4) is 11.1 Å². The molecule has 0 saturated carbocycles. The Hall–Kier alpha value is -1.54. The van der Waals surface area contributed by atoms with Gasteiger partial charge in [0.1, 0.15) is 0 Å². The second-order valence-corrected chi connectivity index (χ2v) is 4.90. The average Bonchev–Trinajstić information content (AvgIpc) is 2.47. The summed E-state index contributed by atoms with van der Waals surface area (Å²) >= 11 is 1.25. The van der Waals surface area contributed by atoms with Crippen molar-refractivity contribution in [2.45, 2.75) is 13.3 Å². The molecule has 0 saturated heterocycles. The van der Waals surface area contributed by atoms with Crippen LogP contribution in [0, 0.1) is 0 Å². The summed E-state index contributed by atoms with van der Waals surface area (Å²) in [6.07, 6.45) is 2.86. The molecule has 0 amide bonds. The highest BCUT2D eigenvalue weighted by molar-refractivity contribution is 8.13. The molecule has 0 aliphatic rings. The standard InChI is InChI=1S/C16H16OS/c1-3-12-4-6-13(7-5-12)14-8-10-15(11-9-14)16(17)18-2/h4-11H,3H2,1-2H3. The molecular formula is C16H16OS. The lowest BCUT2D eigenvalue weighted by molar-refractivity contribution is 0.108. The topological polar surface area (TPSA) is 17.1 Å². The minimum atomic E-state index is 0.114. The minimum absolute atomic E-state index is 0.114. The normalized spacial score (nSPS) is 10.3. The maximum Gasteiger partial charge on any atom is 0.219 e. The fourth-order valence-corrected chi connectivity index (χ4v) is 2.22. The van der Waals surface area contributed by atoms with Crippen LogP contribution in [0.15, 0.2) is 48.5 Å². The van der Waals surface area contributed by atoms with Gasteiger partial charge >= 0.3 is 0 Å². The zero-order chi connectivity index (χ0) is 13.0. The number of benzene rings is 2. The van der Waals surface area contributed by atoms with Gasteiger partial charge in [0, 0.05) is 5.56 Å². The molecule has 0 fully saturated rings. The molecule has 0 bridgehead atoms. The van der Waals surface area contributed by atoms with Crippen LogP contribution in [-0.2, 0) is 6.42 Å². The van der Waals surface area contributed by atoms with Crippen molar-refractivity contribution in [3.63, 3.8) is 0 Å². The highest BCUT2D eigenvalue weighted by Crippen LogP contribution is 2.21. The van der Waals surface area contributed by atoms with Crippen LogP contribution in [0.3, 0.4) is 0 Å². The van der Waals surface area contributed by atoms with Gasteiger partial charge in [-0.1, -0.05) is 55.1 Å². The molecular weight excluding hydrogens is 240 g/mol. The van der Waals surface area contributed by atoms with Crippen molar-refractivity contribution in [1.29, 1.82) is 0 Å². The van der Waals surface area contributed by atoms with Crippen LogP contribution in [-0.4, -0.2) is 11.4 Å². The first-order chi connectivity index (χ1) is 8.74. The van der Waals surface area contributed by atoms with Gasteiger partial charge in [-0.15, -0.1) is 0 Å². The summed E-state index contributed by atoms with van der Waals surface area (Å²) in [6, 6.07) is 16.3. The summed E-state index contributed by atoms with van der Waals surface area (Å²) in [5.41, 5.74) is 4.44. The van der Waals surface area contributed by atoms with E-state index < -0.39 is 0 Å². The Labute approximate surface area is 112 Å². The predicted molar refractivity (Wildman–Crippen MR) is 79.1 cm³/mol. The van der Waals surface area contributed by atoms with Gasteiger partial charge in [0.2, 0.25) is 5.12 Å². The van der Waals surface area contributed by atoms with E-state index in [1.54, 1.807) is 6.26 Å². The van der Waals surface area contributed by atoms with Gasteiger partial charge in [0.05, 0.1) is 0 Å². The minimum Gasteiger partial charge on any atom is -0.282 e. The van der Waals surface area contributed by atoms with E-state index >= 15 is 0 Å². The third kappa shape index (κ3) is 2.82. The highest BCUT2D eigenvalue weighted by Gasteiger charge is 2.04. The lowest BCUT2D eigenvalue weighted by Gasteiger charge is -2.04. The fraction of sp³-hybridized carbons (Fsp3) is 0.188. The smallest absolute Gasteiger partial charge is 0.219 e. The molecule has 92 valence electrons. The van der Waals surface area contributed by atoms with Crippen LogP contribution in [0.1, 0.15) is 22.8 Å². The molecule has 0 atom stereocenters. The Bertz CT molecular complexity index is 526. The zero-order valence-corrected chi connectivity index (χ0v) is 11.5. The van der Waals surface area contributed by atoms with E-state index in [4.69, 9.17) is 0 Å². The maximum atomic E-state index is 11.5. The lowest BCUT2D eigenvalue weighted by Crippen LogP contribution is -1.91. The van der Waals surface area contributed by atoms with Crippen LogP contribution in [0.2, 0.25) is 0 Å². The van der Waals surface area contributed by atoms with Gasteiger partial charge in [-0.05, 0) is 41.5 Å². The van der Waals surface area contributed by atoms with E-state index in [9.17, 15) is 4.79 Å². The summed E-state index contributed by atoms with van der Waals surface area (Å²) in [5, 5.41) is 0.114. The molecule has 1 nitrogen and oxygen atoms in total. The molecule has 0 N–H and O–H groups in total. The number of hydrogen-bond acceptors (Lipinski definition) is 2. The summed E-state index contributed by atoms with van der Waals surface area (Å²) in [5.74, 6) is 0. The average molecular weight is 256 g/mol. The number of carbonyl (C=O) groups is 1. The first-order valence-corrected chi connectivity index (χ1v) is 7.24. The second kappa shape index (κ2) is 5.87. The third-order valence-corrected chi connectivity index (χ3v) is 3.61. The number of rotatable bonds is 3. The van der Waals surface area contributed by atoms with Crippen molar-refractivity contribution < 1.29 is 4.79 Å². The van der Waals surface area contributed by atoms with Crippen molar-refractivity contribution in [2.75, 3.05) is 6.26 Å². The Balaban J connectivity index is 2.25. The molecule has 2 aromatic rings. The highest BCUT2D eigenvalue weighted by atomic mass is 32.2. The summed E-state index contributed by atoms with van der Waals surface area (Å²) in [4.78, 5) is 11.5. The first-order valence-electron chi connectivity index (χ1n) is 6.02. The Kier molecular flexibility index (Phi) is 4.21. The molecule has 2 rings (SSSR count). The fourth-order valence-electron chi connectivity index (χ4n) is 1.85. The van der Waals surface area contributed by atoms with E-state index in [0.29, 0.717) is 0 Å². The number of hydrogen-bond donors (Lipinski definition) is 0. The van der Waals surface area contributed by atoms with Gasteiger partial charge in [0.25, 0.3) is 0 Å². The molecule has 0 aliphatic heterocycles. The van der Waals surface area contributed by atoms with Crippen LogP contribution in [0.5, 0.6) is 0 Å². The second-order valence-electron chi connectivity index (χ2n) is 4.12. The Morgan fingerprint density at radius 1 is 0.944 bits per heavy atom. The monoisotopic (exact) mass is 256 g/mol. The molecule has 2 aromatic carbocycles. The van der Waals surface area contributed by atoms with Crippen LogP contribution in [0.25, 0.3) is 11.1 Å². The molecule has 0 aromatic heterocycles. The van der Waals surface area contributed by atoms with Crippen LogP contribution >= 0.6 is 11.8 Å². The van der Waals surface area contributed by atoms with Crippen molar-refractivity contribution in [3.05, 3.63) is 59.7 Å². The maximum absolute atomic E-state index is 11.5. The van der Waals surface area contributed by atoms with Crippen LogP contribution in [0.4, 0.5) is 0 Å².